The summed E-state index contributed by atoms with van der Waals surface area (Å²) in [6.07, 6.45) is 0.649. The van der Waals surface area contributed by atoms with Gasteiger partial charge in [0.1, 0.15) is 0 Å². The molecule has 1 aromatic rings. The van der Waals surface area contributed by atoms with Crippen LogP contribution >= 0.6 is 0 Å². The van der Waals surface area contributed by atoms with Crippen LogP contribution in [0.3, 0.4) is 0 Å². The summed E-state index contributed by atoms with van der Waals surface area (Å²) in [5, 5.41) is 2.82. The number of hydrogen-bond acceptors (Lipinski definition) is 3. The molecular weight excluding hydrogens is 276 g/mol. The molecule has 0 radical (unpaired) electrons. The normalized spacial score (nSPS) is 24.4. The van der Waals surface area contributed by atoms with E-state index < -0.39 is 22.1 Å². The average molecular weight is 295 g/mol. The molecule has 0 aliphatic carbocycles. The van der Waals surface area contributed by atoms with Crippen molar-refractivity contribution >= 4 is 23.5 Å². The summed E-state index contributed by atoms with van der Waals surface area (Å²) in [4.78, 5) is 24.1. The van der Waals surface area contributed by atoms with E-state index in [-0.39, 0.29) is 5.91 Å². The fraction of sp³-hybridized carbons (Fsp3) is 0.429. The average Bonchev–Trinajstić information content (AvgIpc) is 2.67. The van der Waals surface area contributed by atoms with Gasteiger partial charge < -0.3 is 5.32 Å². The molecule has 2 N–H and O–H groups in total. The van der Waals surface area contributed by atoms with Crippen molar-refractivity contribution in [3.63, 3.8) is 0 Å². The highest BCUT2D eigenvalue weighted by molar-refractivity contribution is 7.93. The van der Waals surface area contributed by atoms with Gasteiger partial charge in [0.25, 0.3) is 0 Å². The van der Waals surface area contributed by atoms with Crippen LogP contribution < -0.4 is 5.32 Å². The zero-order valence-corrected chi connectivity index (χ0v) is 12.4. The molecule has 1 heterocycles. The smallest absolute Gasteiger partial charge is 0.248 e. The van der Waals surface area contributed by atoms with Gasteiger partial charge in [0, 0.05) is 20.4 Å². The summed E-state index contributed by atoms with van der Waals surface area (Å²) >= 11 is -0.978. The van der Waals surface area contributed by atoms with Gasteiger partial charge in [0.15, 0.2) is 23.0 Å². The highest BCUT2D eigenvalue weighted by Crippen LogP contribution is 2.32. The molecule has 20 heavy (non-hydrogen) atoms. The van der Waals surface area contributed by atoms with Gasteiger partial charge in [0.05, 0.1) is 0 Å². The van der Waals surface area contributed by atoms with Crippen molar-refractivity contribution in [3.8, 4) is 0 Å². The Hall–Kier alpha value is -1.53. The summed E-state index contributed by atoms with van der Waals surface area (Å²) in [5.74, 6) is 0.0740. The molecule has 1 saturated heterocycles. The van der Waals surface area contributed by atoms with E-state index in [0.29, 0.717) is 18.7 Å². The highest BCUT2D eigenvalue weighted by atomic mass is 32.2. The minimum absolute atomic E-state index is 0.224. The van der Waals surface area contributed by atoms with E-state index >= 15 is 0 Å². The zero-order valence-electron chi connectivity index (χ0n) is 11.6. The maximum absolute atomic E-state index is 12.2. The Morgan fingerprint density at radius 2 is 2.15 bits per heavy atom. The number of carbonyl (C=O) groups is 2. The second-order valence-corrected chi connectivity index (χ2v) is 7.27. The van der Waals surface area contributed by atoms with Gasteiger partial charge in [0.2, 0.25) is 17.2 Å². The van der Waals surface area contributed by atoms with Gasteiger partial charge in [-0.15, -0.1) is 0 Å². The molecule has 1 fully saturated rings. The van der Waals surface area contributed by atoms with Gasteiger partial charge in [-0.3, -0.25) is 14.5 Å². The second kappa shape index (κ2) is 5.85. The largest absolute Gasteiger partial charge is 0.350 e. The number of carbonyl (C=O) groups excluding carboxylic acids is 2. The lowest BCUT2D eigenvalue weighted by Crippen LogP contribution is -2.50. The first-order valence-corrected chi connectivity index (χ1v) is 7.77. The molecular formula is C14H19N2O3S+. The first kappa shape index (κ1) is 14.9. The minimum Gasteiger partial charge on any atom is -0.350 e. The van der Waals surface area contributed by atoms with Crippen LogP contribution in [-0.2, 0) is 27.3 Å². The third-order valence-corrected chi connectivity index (χ3v) is 5.57. The molecule has 5 nitrogen and oxygen atoms in total. The molecule has 6 heteroatoms. The van der Waals surface area contributed by atoms with Gasteiger partial charge in [-0.05, 0) is 5.56 Å². The Balaban J connectivity index is 2.01. The summed E-state index contributed by atoms with van der Waals surface area (Å²) in [5.41, 5.74) is 0.999. The fourth-order valence-corrected chi connectivity index (χ4v) is 3.67. The molecule has 2 rings (SSSR count). The number of nitrogens with zero attached hydrogens (tertiary/aromatic N) is 1. The maximum Gasteiger partial charge on any atom is 0.248 e. The number of amides is 2. The van der Waals surface area contributed by atoms with E-state index in [1.54, 1.807) is 13.8 Å². The van der Waals surface area contributed by atoms with Gasteiger partial charge in [-0.2, -0.15) is 4.55 Å². The van der Waals surface area contributed by atoms with Crippen molar-refractivity contribution in [2.75, 3.05) is 5.75 Å². The highest BCUT2D eigenvalue weighted by Gasteiger charge is 2.58. The van der Waals surface area contributed by atoms with Gasteiger partial charge in [-0.1, -0.05) is 30.3 Å². The molecule has 108 valence electrons. The molecule has 0 aromatic heterocycles. The Labute approximate surface area is 121 Å². The van der Waals surface area contributed by atoms with Crippen LogP contribution in [0.4, 0.5) is 0 Å². The van der Waals surface area contributed by atoms with Crippen molar-refractivity contribution in [3.05, 3.63) is 35.9 Å². The molecule has 0 saturated carbocycles. The Morgan fingerprint density at radius 1 is 1.50 bits per heavy atom. The van der Waals surface area contributed by atoms with Crippen LogP contribution in [0.5, 0.6) is 0 Å². The first-order chi connectivity index (χ1) is 9.46. The topological polar surface area (TPSA) is 69.6 Å². The van der Waals surface area contributed by atoms with Gasteiger partial charge in [-0.25, -0.2) is 0 Å². The Kier molecular flexibility index (Phi) is 4.35. The molecule has 1 unspecified atom stereocenters. The standard InChI is InChI=1S/C14H18N2O3S/c1-14(2)16(10-17)12(9-20(14)19)13(18)15-8-11-6-4-3-5-7-11/h3-7,10,12,19H,8-9H2,1-2H3/p+1/t12-,20?/m1/s1. The lowest BCUT2D eigenvalue weighted by atomic mass is 10.2. The third-order valence-electron chi connectivity index (χ3n) is 3.58. The first-order valence-electron chi connectivity index (χ1n) is 6.42. The van der Waals surface area contributed by atoms with Gasteiger partial charge >= 0.3 is 0 Å². The number of hydrogen-bond donors (Lipinski definition) is 2. The predicted molar refractivity (Wildman–Crippen MR) is 78.9 cm³/mol. The molecule has 1 aromatic carbocycles. The number of nitrogens with one attached hydrogen (secondary N) is 1. The quantitative estimate of drug-likeness (QED) is 0.642. The van der Waals surface area contributed by atoms with E-state index in [9.17, 15) is 14.1 Å². The monoisotopic (exact) mass is 295 g/mol. The predicted octanol–water partition coefficient (Wildman–Crippen LogP) is 0.971. The SMILES string of the molecule is CC1(C)N(C=O)[C@@H](C(=O)NCc2ccccc2)C[S+]1O. The summed E-state index contributed by atoms with van der Waals surface area (Å²) in [6, 6.07) is 8.97. The van der Waals surface area contributed by atoms with Crippen molar-refractivity contribution in [1.29, 1.82) is 0 Å². The molecule has 0 bridgehead atoms. The fourth-order valence-electron chi connectivity index (χ4n) is 2.24. The third kappa shape index (κ3) is 2.81. The van der Waals surface area contributed by atoms with Crippen LogP contribution in [0.15, 0.2) is 30.3 Å². The van der Waals surface area contributed by atoms with Crippen LogP contribution in [0.2, 0.25) is 0 Å². The summed E-state index contributed by atoms with van der Waals surface area (Å²) in [6.45, 7) is 3.96. The van der Waals surface area contributed by atoms with Crippen molar-refractivity contribution < 1.29 is 14.1 Å². The van der Waals surface area contributed by atoms with E-state index in [0.717, 1.165) is 5.56 Å². The summed E-state index contributed by atoms with van der Waals surface area (Å²) < 4.78 is 10.0. The van der Waals surface area contributed by atoms with E-state index in [4.69, 9.17) is 0 Å². The summed E-state index contributed by atoms with van der Waals surface area (Å²) in [7, 11) is 0. The Morgan fingerprint density at radius 3 is 2.75 bits per heavy atom. The lowest BCUT2D eigenvalue weighted by Gasteiger charge is -2.25. The maximum atomic E-state index is 12.2. The number of benzene rings is 1. The molecule has 1 aliphatic rings. The zero-order chi connectivity index (χ0) is 14.8. The minimum atomic E-state index is -0.978. The van der Waals surface area contributed by atoms with Crippen molar-refractivity contribution in [1.82, 2.24) is 10.2 Å². The van der Waals surface area contributed by atoms with Crippen LogP contribution in [0, 0.1) is 0 Å². The van der Waals surface area contributed by atoms with Crippen molar-refractivity contribution in [2.24, 2.45) is 0 Å². The number of rotatable bonds is 4. The molecule has 0 spiro atoms. The molecule has 2 amide bonds. The van der Waals surface area contributed by atoms with E-state index in [1.165, 1.54) is 4.90 Å². The van der Waals surface area contributed by atoms with Crippen LogP contribution in [0.25, 0.3) is 0 Å². The van der Waals surface area contributed by atoms with E-state index in [1.807, 2.05) is 30.3 Å². The second-order valence-electron chi connectivity index (χ2n) is 5.21. The van der Waals surface area contributed by atoms with Crippen molar-refractivity contribution in [2.45, 2.75) is 31.3 Å². The lowest BCUT2D eigenvalue weighted by molar-refractivity contribution is -0.133. The van der Waals surface area contributed by atoms with E-state index in [2.05, 4.69) is 5.32 Å². The Bertz CT molecular complexity index is 492. The molecule has 1 aliphatic heterocycles. The molecule has 2 atom stereocenters. The van der Waals surface area contributed by atoms with Crippen LogP contribution in [-0.4, -0.2) is 38.4 Å². The van der Waals surface area contributed by atoms with Crippen LogP contribution in [0.1, 0.15) is 19.4 Å².